The standard InChI is InChI=1S/C32H32FN5O5/c1-37(2)17-16-36-29(39)25-18-24-26(19-28(25)42-3)35-15-12-27(24)43-23-10-8-22(9-11-23)38(21-6-4-20(33)5-7-21)31(41)32(13-14-32)30(34)40/h4-12,15,18-19H,13-14,16-17H2,1-3H3,(H2,34,40)(H,36,39). The van der Waals surface area contributed by atoms with Crippen LogP contribution in [0.1, 0.15) is 23.2 Å². The second kappa shape index (κ2) is 12.1. The Morgan fingerprint density at radius 1 is 0.977 bits per heavy atom. The van der Waals surface area contributed by atoms with Crippen LogP contribution < -0.4 is 25.4 Å². The summed E-state index contributed by atoms with van der Waals surface area (Å²) in [5.74, 6) is -0.588. The maximum absolute atomic E-state index is 13.7. The zero-order chi connectivity index (χ0) is 30.7. The second-order valence-corrected chi connectivity index (χ2v) is 10.6. The van der Waals surface area contributed by atoms with Gasteiger partial charge in [-0.2, -0.15) is 0 Å². The van der Waals surface area contributed by atoms with Gasteiger partial charge in [0.05, 0.1) is 18.2 Å². The molecule has 1 aromatic heterocycles. The third-order valence-electron chi connectivity index (χ3n) is 7.35. The number of nitrogens with two attached hydrogens (primary N) is 1. The highest BCUT2D eigenvalue weighted by atomic mass is 19.1. The quantitative estimate of drug-likeness (QED) is 0.250. The van der Waals surface area contributed by atoms with Gasteiger partial charge in [0.25, 0.3) is 5.91 Å². The van der Waals surface area contributed by atoms with E-state index < -0.39 is 23.0 Å². The fourth-order valence-corrected chi connectivity index (χ4v) is 4.74. The summed E-state index contributed by atoms with van der Waals surface area (Å²) in [5.41, 5.74) is 6.08. The van der Waals surface area contributed by atoms with Crippen LogP contribution >= 0.6 is 0 Å². The summed E-state index contributed by atoms with van der Waals surface area (Å²) in [5, 5.41) is 3.50. The topological polar surface area (TPSA) is 127 Å². The Balaban J connectivity index is 1.44. The number of hydrogen-bond acceptors (Lipinski definition) is 7. The van der Waals surface area contributed by atoms with Gasteiger partial charge in [-0.15, -0.1) is 0 Å². The van der Waals surface area contributed by atoms with Crippen molar-refractivity contribution in [3.05, 3.63) is 84.3 Å². The summed E-state index contributed by atoms with van der Waals surface area (Å²) in [6, 6.07) is 17.2. The molecule has 11 heteroatoms. The number of ether oxygens (including phenoxy) is 2. The first-order valence-corrected chi connectivity index (χ1v) is 13.7. The Morgan fingerprint density at radius 3 is 2.21 bits per heavy atom. The normalized spacial score (nSPS) is 13.4. The number of halogens is 1. The van der Waals surface area contributed by atoms with Crippen molar-refractivity contribution in [3.8, 4) is 17.2 Å². The molecule has 4 aromatic rings. The first-order chi connectivity index (χ1) is 20.6. The highest BCUT2D eigenvalue weighted by Gasteiger charge is 2.57. The third-order valence-corrected chi connectivity index (χ3v) is 7.35. The fraction of sp³-hybridized carbons (Fsp3) is 0.250. The first-order valence-electron chi connectivity index (χ1n) is 13.7. The minimum atomic E-state index is -1.28. The fourth-order valence-electron chi connectivity index (χ4n) is 4.74. The van der Waals surface area contributed by atoms with Crippen molar-refractivity contribution >= 4 is 40.0 Å². The summed E-state index contributed by atoms with van der Waals surface area (Å²) in [6.07, 6.45) is 2.31. The minimum absolute atomic E-state index is 0.283. The van der Waals surface area contributed by atoms with Crippen LogP contribution in [0.15, 0.2) is 72.9 Å². The summed E-state index contributed by atoms with van der Waals surface area (Å²) < 4.78 is 25.3. The molecule has 43 heavy (non-hydrogen) atoms. The lowest BCUT2D eigenvalue weighted by atomic mass is 10.0. The van der Waals surface area contributed by atoms with Crippen molar-refractivity contribution in [2.45, 2.75) is 12.8 Å². The number of fused-ring (bicyclic) bond motifs is 1. The zero-order valence-corrected chi connectivity index (χ0v) is 24.1. The van der Waals surface area contributed by atoms with E-state index in [1.165, 1.54) is 36.3 Å². The van der Waals surface area contributed by atoms with Gasteiger partial charge in [-0.05, 0) is 87.6 Å². The maximum Gasteiger partial charge on any atom is 0.255 e. The molecule has 0 bridgehead atoms. The number of rotatable bonds is 11. The molecule has 0 saturated heterocycles. The van der Waals surface area contributed by atoms with Gasteiger partial charge < -0.3 is 25.4 Å². The van der Waals surface area contributed by atoms with Crippen LogP contribution in [-0.2, 0) is 9.59 Å². The molecule has 3 aromatic carbocycles. The predicted octanol–water partition coefficient (Wildman–Crippen LogP) is 4.40. The SMILES string of the molecule is COc1cc2nccc(Oc3ccc(N(C(=O)C4(C(N)=O)CC4)c4ccc(F)cc4)cc3)c2cc1C(=O)NCCN(C)C. The van der Waals surface area contributed by atoms with E-state index >= 15 is 0 Å². The molecule has 1 saturated carbocycles. The van der Waals surface area contributed by atoms with Crippen molar-refractivity contribution in [1.29, 1.82) is 0 Å². The molecule has 1 aliphatic carbocycles. The smallest absolute Gasteiger partial charge is 0.255 e. The number of amides is 3. The number of aromatic nitrogens is 1. The number of anilines is 2. The number of carbonyl (C=O) groups excluding carboxylic acids is 3. The molecule has 0 aliphatic heterocycles. The van der Waals surface area contributed by atoms with E-state index in [0.29, 0.717) is 71.0 Å². The van der Waals surface area contributed by atoms with Crippen LogP contribution in [0.25, 0.3) is 10.9 Å². The van der Waals surface area contributed by atoms with Crippen LogP contribution in [0.5, 0.6) is 17.2 Å². The van der Waals surface area contributed by atoms with Crippen molar-refractivity contribution < 1.29 is 28.2 Å². The third kappa shape index (κ3) is 6.12. The van der Waals surface area contributed by atoms with Crippen LogP contribution in [0.2, 0.25) is 0 Å². The highest BCUT2D eigenvalue weighted by molar-refractivity contribution is 6.16. The number of nitrogens with zero attached hydrogens (tertiary/aromatic N) is 3. The van der Waals surface area contributed by atoms with E-state index in [9.17, 15) is 18.8 Å². The molecule has 3 amide bonds. The minimum Gasteiger partial charge on any atom is -0.496 e. The second-order valence-electron chi connectivity index (χ2n) is 10.6. The average molecular weight is 586 g/mol. The lowest BCUT2D eigenvalue weighted by molar-refractivity contribution is -0.133. The molecule has 5 rings (SSSR count). The lowest BCUT2D eigenvalue weighted by Gasteiger charge is -2.26. The van der Waals surface area contributed by atoms with Crippen LogP contribution in [-0.4, -0.2) is 61.9 Å². The predicted molar refractivity (Wildman–Crippen MR) is 160 cm³/mol. The molecule has 1 heterocycles. The maximum atomic E-state index is 13.7. The van der Waals surface area contributed by atoms with E-state index in [4.69, 9.17) is 15.2 Å². The average Bonchev–Trinajstić information content (AvgIpc) is 3.81. The number of primary amides is 1. The molecule has 0 unspecified atom stereocenters. The summed E-state index contributed by atoms with van der Waals surface area (Å²) >= 11 is 0. The van der Waals surface area contributed by atoms with Crippen LogP contribution in [0.4, 0.5) is 15.8 Å². The van der Waals surface area contributed by atoms with Crippen molar-refractivity contribution in [3.63, 3.8) is 0 Å². The Labute approximate surface area is 248 Å². The highest BCUT2D eigenvalue weighted by Crippen LogP contribution is 2.49. The molecular weight excluding hydrogens is 553 g/mol. The monoisotopic (exact) mass is 585 g/mol. The van der Waals surface area contributed by atoms with Gasteiger partial charge in [-0.3, -0.25) is 24.3 Å². The van der Waals surface area contributed by atoms with Gasteiger partial charge in [0.1, 0.15) is 28.5 Å². The zero-order valence-electron chi connectivity index (χ0n) is 24.1. The van der Waals surface area contributed by atoms with Crippen LogP contribution in [0, 0.1) is 11.2 Å². The number of nitrogens with one attached hydrogen (secondary N) is 1. The number of likely N-dealkylation sites (N-methyl/N-ethyl adjacent to an activating group) is 1. The Hall–Kier alpha value is -5.03. The number of carbonyl (C=O) groups is 3. The van der Waals surface area contributed by atoms with E-state index in [1.54, 1.807) is 48.7 Å². The molecule has 10 nitrogen and oxygen atoms in total. The largest absolute Gasteiger partial charge is 0.496 e. The van der Waals surface area contributed by atoms with E-state index in [2.05, 4.69) is 10.3 Å². The lowest BCUT2D eigenvalue weighted by Crippen LogP contribution is -2.41. The molecular formula is C32H32FN5O5. The molecule has 1 aliphatic rings. The number of hydrogen-bond donors (Lipinski definition) is 2. The molecule has 222 valence electrons. The number of benzene rings is 3. The van der Waals surface area contributed by atoms with Crippen molar-refractivity contribution in [2.24, 2.45) is 11.1 Å². The molecule has 1 fully saturated rings. The number of methoxy groups -OCH3 is 1. The van der Waals surface area contributed by atoms with E-state index in [1.807, 2.05) is 19.0 Å². The Kier molecular flexibility index (Phi) is 8.27. The molecule has 0 atom stereocenters. The molecule has 0 radical (unpaired) electrons. The van der Waals surface area contributed by atoms with Crippen molar-refractivity contribution in [2.75, 3.05) is 39.2 Å². The summed E-state index contributed by atoms with van der Waals surface area (Å²) in [6.45, 7) is 1.15. The Bertz CT molecular complexity index is 1670. The van der Waals surface area contributed by atoms with Gasteiger partial charge in [0, 0.05) is 42.1 Å². The van der Waals surface area contributed by atoms with Gasteiger partial charge in [0.15, 0.2) is 0 Å². The summed E-state index contributed by atoms with van der Waals surface area (Å²) in [4.78, 5) is 46.4. The van der Waals surface area contributed by atoms with E-state index in [0.717, 1.165) is 0 Å². The van der Waals surface area contributed by atoms with Crippen molar-refractivity contribution in [1.82, 2.24) is 15.2 Å². The number of pyridine rings is 1. The van der Waals surface area contributed by atoms with Gasteiger partial charge >= 0.3 is 0 Å². The van der Waals surface area contributed by atoms with Gasteiger partial charge in [-0.25, -0.2) is 4.39 Å². The van der Waals surface area contributed by atoms with Gasteiger partial charge in [0.2, 0.25) is 11.8 Å². The molecule has 3 N–H and O–H groups in total. The first kappa shape index (κ1) is 29.5. The van der Waals surface area contributed by atoms with Crippen LogP contribution in [0.3, 0.4) is 0 Å². The van der Waals surface area contributed by atoms with E-state index in [-0.39, 0.29) is 5.91 Å². The molecule has 0 spiro atoms. The summed E-state index contributed by atoms with van der Waals surface area (Å²) in [7, 11) is 5.34. The van der Waals surface area contributed by atoms with Gasteiger partial charge in [-0.1, -0.05) is 0 Å². The Morgan fingerprint density at radius 2 is 1.63 bits per heavy atom.